The van der Waals surface area contributed by atoms with Gasteiger partial charge in [0, 0.05) is 32.7 Å². The Labute approximate surface area is 121 Å². The maximum absolute atomic E-state index is 5.96. The summed E-state index contributed by atoms with van der Waals surface area (Å²) < 4.78 is 16.9. The molecule has 0 aliphatic carbocycles. The number of benzene rings is 1. The minimum absolute atomic E-state index is 0.152. The third kappa shape index (κ3) is 3.32. The lowest BCUT2D eigenvalue weighted by molar-refractivity contribution is -0.0698. The lowest BCUT2D eigenvalue weighted by atomic mass is 9.84. The van der Waals surface area contributed by atoms with Crippen molar-refractivity contribution in [3.05, 3.63) is 29.8 Å². The highest BCUT2D eigenvalue weighted by molar-refractivity contribution is 5.31. The number of hydrogen-bond donors (Lipinski definition) is 0. The van der Waals surface area contributed by atoms with Gasteiger partial charge in [-0.25, -0.2) is 0 Å². The van der Waals surface area contributed by atoms with Crippen LogP contribution >= 0.6 is 0 Å². The summed E-state index contributed by atoms with van der Waals surface area (Å²) in [6, 6.07) is 8.24. The first-order valence-corrected chi connectivity index (χ1v) is 7.16. The standard InChI is InChI=1S/C16H25NO3/c1-5-20-15-11-17(2)10-14(19-4)16(15)12-6-8-13(18-3)9-7-12/h6-9,14-16H,5,10-11H2,1-4H3. The lowest BCUT2D eigenvalue weighted by Gasteiger charge is -2.41. The van der Waals surface area contributed by atoms with Gasteiger partial charge in [0.15, 0.2) is 0 Å². The van der Waals surface area contributed by atoms with Gasteiger partial charge in [-0.3, -0.25) is 0 Å². The van der Waals surface area contributed by atoms with Crippen molar-refractivity contribution in [2.24, 2.45) is 0 Å². The molecule has 4 heteroatoms. The van der Waals surface area contributed by atoms with Gasteiger partial charge >= 0.3 is 0 Å². The molecule has 1 aromatic carbocycles. The van der Waals surface area contributed by atoms with Crippen LogP contribution in [0.1, 0.15) is 18.4 Å². The zero-order valence-electron chi connectivity index (χ0n) is 12.8. The highest BCUT2D eigenvalue weighted by Crippen LogP contribution is 2.32. The van der Waals surface area contributed by atoms with E-state index >= 15 is 0 Å². The van der Waals surface area contributed by atoms with Gasteiger partial charge in [0.25, 0.3) is 0 Å². The number of nitrogens with zero attached hydrogens (tertiary/aromatic N) is 1. The van der Waals surface area contributed by atoms with E-state index in [2.05, 4.69) is 24.1 Å². The first kappa shape index (κ1) is 15.3. The highest BCUT2D eigenvalue weighted by Gasteiger charge is 2.37. The van der Waals surface area contributed by atoms with E-state index in [-0.39, 0.29) is 18.1 Å². The monoisotopic (exact) mass is 279 g/mol. The molecule has 0 radical (unpaired) electrons. The SMILES string of the molecule is CCOC1CN(C)CC(OC)C1c1ccc(OC)cc1. The van der Waals surface area contributed by atoms with Crippen molar-refractivity contribution in [2.45, 2.75) is 25.0 Å². The third-order valence-electron chi connectivity index (χ3n) is 3.97. The van der Waals surface area contributed by atoms with Crippen LogP contribution in [0.3, 0.4) is 0 Å². The number of likely N-dealkylation sites (tertiary alicyclic amines) is 1. The molecule has 1 heterocycles. The summed E-state index contributed by atoms with van der Waals surface area (Å²) in [7, 11) is 5.58. The molecular weight excluding hydrogens is 254 g/mol. The molecule has 2 rings (SSSR count). The van der Waals surface area contributed by atoms with Crippen LogP contribution in [0.25, 0.3) is 0 Å². The van der Waals surface area contributed by atoms with Crippen LogP contribution in [-0.4, -0.2) is 58.1 Å². The molecule has 1 aliphatic rings. The van der Waals surface area contributed by atoms with E-state index in [1.807, 2.05) is 19.1 Å². The van der Waals surface area contributed by atoms with Gasteiger partial charge in [0.1, 0.15) is 5.75 Å². The van der Waals surface area contributed by atoms with Crippen molar-refractivity contribution in [2.75, 3.05) is 41.0 Å². The second-order valence-corrected chi connectivity index (χ2v) is 5.29. The molecule has 0 saturated carbocycles. The molecule has 4 nitrogen and oxygen atoms in total. The molecule has 0 spiro atoms. The van der Waals surface area contributed by atoms with Crippen molar-refractivity contribution >= 4 is 0 Å². The molecule has 1 aromatic rings. The summed E-state index contributed by atoms with van der Waals surface area (Å²) in [4.78, 5) is 2.27. The van der Waals surface area contributed by atoms with Gasteiger partial charge in [-0.2, -0.15) is 0 Å². The Hall–Kier alpha value is -1.10. The first-order valence-electron chi connectivity index (χ1n) is 7.16. The van der Waals surface area contributed by atoms with E-state index in [4.69, 9.17) is 14.2 Å². The smallest absolute Gasteiger partial charge is 0.118 e. The molecule has 3 unspecified atom stereocenters. The topological polar surface area (TPSA) is 30.9 Å². The van der Waals surface area contributed by atoms with Crippen LogP contribution in [0, 0.1) is 0 Å². The van der Waals surface area contributed by atoms with Crippen molar-refractivity contribution in [1.29, 1.82) is 0 Å². The minimum Gasteiger partial charge on any atom is -0.497 e. The average Bonchev–Trinajstić information content (AvgIpc) is 2.47. The molecule has 0 N–H and O–H groups in total. The predicted molar refractivity (Wildman–Crippen MR) is 79.4 cm³/mol. The van der Waals surface area contributed by atoms with Crippen LogP contribution in [-0.2, 0) is 9.47 Å². The van der Waals surface area contributed by atoms with E-state index in [0.29, 0.717) is 0 Å². The molecule has 3 atom stereocenters. The Morgan fingerprint density at radius 3 is 2.30 bits per heavy atom. The van der Waals surface area contributed by atoms with Crippen LogP contribution in [0.4, 0.5) is 0 Å². The molecule has 0 aromatic heterocycles. The number of piperidine rings is 1. The normalized spacial score (nSPS) is 27.5. The van der Waals surface area contributed by atoms with E-state index in [1.165, 1.54) is 5.56 Å². The van der Waals surface area contributed by atoms with E-state index in [1.54, 1.807) is 14.2 Å². The van der Waals surface area contributed by atoms with Crippen LogP contribution < -0.4 is 4.74 Å². The Bertz CT molecular complexity index is 407. The zero-order chi connectivity index (χ0) is 14.5. The summed E-state index contributed by atoms with van der Waals surface area (Å²) in [6.45, 7) is 4.63. The first-order chi connectivity index (χ1) is 9.69. The van der Waals surface area contributed by atoms with E-state index in [0.717, 1.165) is 25.4 Å². The van der Waals surface area contributed by atoms with Gasteiger partial charge < -0.3 is 19.1 Å². The summed E-state index contributed by atoms with van der Waals surface area (Å²) in [6.07, 6.45) is 0.316. The second kappa shape index (κ2) is 7.07. The molecular formula is C16H25NO3. The van der Waals surface area contributed by atoms with Gasteiger partial charge in [0.05, 0.1) is 19.3 Å². The van der Waals surface area contributed by atoms with Crippen molar-refractivity contribution in [3.8, 4) is 5.75 Å². The summed E-state index contributed by atoms with van der Waals surface area (Å²) in [5, 5.41) is 0. The van der Waals surface area contributed by atoms with Crippen molar-refractivity contribution < 1.29 is 14.2 Å². The molecule has 1 saturated heterocycles. The largest absolute Gasteiger partial charge is 0.497 e. The van der Waals surface area contributed by atoms with Gasteiger partial charge in [-0.1, -0.05) is 12.1 Å². The van der Waals surface area contributed by atoms with Crippen LogP contribution in [0.5, 0.6) is 5.75 Å². The van der Waals surface area contributed by atoms with E-state index in [9.17, 15) is 0 Å². The van der Waals surface area contributed by atoms with E-state index < -0.39 is 0 Å². The maximum atomic E-state index is 5.96. The Morgan fingerprint density at radius 2 is 1.75 bits per heavy atom. The number of rotatable bonds is 5. The maximum Gasteiger partial charge on any atom is 0.118 e. The number of methoxy groups -OCH3 is 2. The fourth-order valence-electron chi connectivity index (χ4n) is 3.00. The predicted octanol–water partition coefficient (Wildman–Crippen LogP) is 2.14. The van der Waals surface area contributed by atoms with Crippen LogP contribution in [0.15, 0.2) is 24.3 Å². The average molecular weight is 279 g/mol. The molecule has 1 aliphatic heterocycles. The zero-order valence-corrected chi connectivity index (χ0v) is 12.8. The summed E-state index contributed by atoms with van der Waals surface area (Å²) in [5.41, 5.74) is 1.25. The fraction of sp³-hybridized carbons (Fsp3) is 0.625. The lowest BCUT2D eigenvalue weighted by Crippen LogP contribution is -2.51. The highest BCUT2D eigenvalue weighted by atomic mass is 16.5. The second-order valence-electron chi connectivity index (χ2n) is 5.29. The van der Waals surface area contributed by atoms with Gasteiger partial charge in [-0.15, -0.1) is 0 Å². The Morgan fingerprint density at radius 1 is 1.10 bits per heavy atom. The number of hydrogen-bond acceptors (Lipinski definition) is 4. The molecule has 1 fully saturated rings. The molecule has 112 valence electrons. The third-order valence-corrected chi connectivity index (χ3v) is 3.97. The minimum atomic E-state index is 0.152. The Kier molecular flexibility index (Phi) is 5.40. The van der Waals surface area contributed by atoms with Crippen LogP contribution in [0.2, 0.25) is 0 Å². The number of likely N-dealkylation sites (N-methyl/N-ethyl adjacent to an activating group) is 1. The Balaban J connectivity index is 2.25. The molecule has 0 amide bonds. The molecule has 20 heavy (non-hydrogen) atoms. The van der Waals surface area contributed by atoms with Crippen molar-refractivity contribution in [3.63, 3.8) is 0 Å². The molecule has 0 bridgehead atoms. The van der Waals surface area contributed by atoms with Gasteiger partial charge in [-0.05, 0) is 31.7 Å². The number of ether oxygens (including phenoxy) is 3. The van der Waals surface area contributed by atoms with Crippen molar-refractivity contribution in [1.82, 2.24) is 4.90 Å². The summed E-state index contributed by atoms with van der Waals surface area (Å²) in [5.74, 6) is 1.14. The summed E-state index contributed by atoms with van der Waals surface area (Å²) >= 11 is 0. The fourth-order valence-corrected chi connectivity index (χ4v) is 3.00. The van der Waals surface area contributed by atoms with Gasteiger partial charge in [0.2, 0.25) is 0 Å². The quantitative estimate of drug-likeness (QED) is 0.826.